The molecule has 2 aromatic carbocycles. The van der Waals surface area contributed by atoms with Crippen molar-refractivity contribution in [2.24, 2.45) is 5.92 Å². The highest BCUT2D eigenvalue weighted by molar-refractivity contribution is 5.92. The number of carbonyl (C=O) groups is 1. The van der Waals surface area contributed by atoms with Gasteiger partial charge in [-0.3, -0.25) is 4.90 Å². The summed E-state index contributed by atoms with van der Waals surface area (Å²) in [7, 11) is 0. The molecule has 0 atom stereocenters. The first-order chi connectivity index (χ1) is 15.7. The van der Waals surface area contributed by atoms with Crippen LogP contribution in [0, 0.1) is 11.7 Å². The molecule has 0 saturated carbocycles. The van der Waals surface area contributed by atoms with Crippen molar-refractivity contribution in [3.63, 3.8) is 0 Å². The predicted octanol–water partition coefficient (Wildman–Crippen LogP) is 5.03. The molecule has 2 aliphatic rings. The highest BCUT2D eigenvalue weighted by atomic mass is 19.1. The molecule has 4 rings (SSSR count). The van der Waals surface area contributed by atoms with E-state index < -0.39 is 0 Å². The number of hydrogen-bond donors (Lipinski definition) is 0. The zero-order valence-corrected chi connectivity index (χ0v) is 18.8. The van der Waals surface area contributed by atoms with Gasteiger partial charge in [0.2, 0.25) is 0 Å². The lowest BCUT2D eigenvalue weighted by Gasteiger charge is -2.34. The number of hydrogen-bond acceptors (Lipinski definition) is 3. The molecule has 0 aromatic heterocycles. The van der Waals surface area contributed by atoms with Crippen molar-refractivity contribution in [3.05, 3.63) is 60.4 Å². The topological polar surface area (TPSA) is 36.0 Å². The molecule has 0 unspecified atom stereocenters. The maximum Gasteiger partial charge on any atom is 0.324 e. The Morgan fingerprint density at radius 3 is 2.34 bits per heavy atom. The van der Waals surface area contributed by atoms with Crippen LogP contribution in [0.2, 0.25) is 0 Å². The second kappa shape index (κ2) is 11.3. The van der Waals surface area contributed by atoms with E-state index in [1.165, 1.54) is 12.1 Å². The third-order valence-corrected chi connectivity index (χ3v) is 6.63. The molecule has 0 radical (unpaired) electrons. The molecule has 6 heteroatoms. The molecule has 0 spiro atoms. The molecule has 0 aliphatic carbocycles. The number of halogens is 1. The molecule has 172 valence electrons. The third kappa shape index (κ3) is 6.22. The molecule has 2 saturated heterocycles. The largest absolute Gasteiger partial charge is 0.494 e. The number of para-hydroxylation sites is 1. The summed E-state index contributed by atoms with van der Waals surface area (Å²) in [4.78, 5) is 19.6. The van der Waals surface area contributed by atoms with Crippen molar-refractivity contribution in [1.29, 1.82) is 0 Å². The fraction of sp³-hybridized carbons (Fsp3) is 0.500. The first-order valence-electron chi connectivity index (χ1n) is 11.9. The van der Waals surface area contributed by atoms with E-state index >= 15 is 0 Å². The molecule has 2 heterocycles. The van der Waals surface area contributed by atoms with Crippen LogP contribution in [0.1, 0.15) is 32.1 Å². The normalized spacial score (nSPS) is 18.6. The zero-order valence-electron chi connectivity index (χ0n) is 18.8. The Labute approximate surface area is 190 Å². The number of piperidine rings is 1. The van der Waals surface area contributed by atoms with Crippen LogP contribution >= 0.6 is 0 Å². The minimum Gasteiger partial charge on any atom is -0.494 e. The SMILES string of the molecule is O=C1N(CCN2CCC(CCOc3ccc(F)cc3)CC2)CCCCN1c1ccccc1. The quantitative estimate of drug-likeness (QED) is 0.579. The van der Waals surface area contributed by atoms with Crippen LogP contribution in [0.15, 0.2) is 54.6 Å². The Morgan fingerprint density at radius 1 is 0.875 bits per heavy atom. The molecule has 5 nitrogen and oxygen atoms in total. The van der Waals surface area contributed by atoms with Gasteiger partial charge in [0.05, 0.1) is 6.61 Å². The number of amides is 2. The number of ether oxygens (including phenoxy) is 1. The van der Waals surface area contributed by atoms with Crippen LogP contribution in [-0.2, 0) is 0 Å². The number of benzene rings is 2. The summed E-state index contributed by atoms with van der Waals surface area (Å²) >= 11 is 0. The van der Waals surface area contributed by atoms with Crippen molar-refractivity contribution in [2.75, 3.05) is 50.8 Å². The van der Waals surface area contributed by atoms with E-state index in [9.17, 15) is 9.18 Å². The van der Waals surface area contributed by atoms with Crippen molar-refractivity contribution in [2.45, 2.75) is 32.1 Å². The van der Waals surface area contributed by atoms with Crippen LogP contribution in [0.25, 0.3) is 0 Å². The summed E-state index contributed by atoms with van der Waals surface area (Å²) in [5.41, 5.74) is 0.994. The molecular formula is C26H34FN3O2. The van der Waals surface area contributed by atoms with Gasteiger partial charge >= 0.3 is 6.03 Å². The minimum absolute atomic E-state index is 0.140. The van der Waals surface area contributed by atoms with Gasteiger partial charge in [0.25, 0.3) is 0 Å². The first-order valence-corrected chi connectivity index (χ1v) is 11.9. The van der Waals surface area contributed by atoms with E-state index in [0.717, 1.165) is 82.8 Å². The van der Waals surface area contributed by atoms with Crippen LogP contribution in [0.3, 0.4) is 0 Å². The standard InChI is InChI=1S/C26H34FN3O2/c27-23-8-10-25(11-9-23)32-21-14-22-12-17-28(18-13-22)19-20-29-15-4-5-16-30(26(29)31)24-6-2-1-3-7-24/h1-3,6-11,22H,4-5,12-21H2. The van der Waals surface area contributed by atoms with E-state index in [2.05, 4.69) is 4.90 Å². The Morgan fingerprint density at radius 2 is 1.59 bits per heavy atom. The third-order valence-electron chi connectivity index (χ3n) is 6.63. The second-order valence-electron chi connectivity index (χ2n) is 8.84. The Bertz CT molecular complexity index is 838. The van der Waals surface area contributed by atoms with Crippen LogP contribution in [0.5, 0.6) is 5.75 Å². The summed E-state index contributed by atoms with van der Waals surface area (Å²) in [6, 6.07) is 16.4. The van der Waals surface area contributed by atoms with Crippen LogP contribution in [0.4, 0.5) is 14.9 Å². The van der Waals surface area contributed by atoms with Gasteiger partial charge in [-0.1, -0.05) is 18.2 Å². The molecule has 2 aromatic rings. The van der Waals surface area contributed by atoms with Gasteiger partial charge in [0, 0.05) is 31.9 Å². The number of urea groups is 1. The van der Waals surface area contributed by atoms with Gasteiger partial charge in [-0.05, 0) is 87.5 Å². The monoisotopic (exact) mass is 439 g/mol. The Hall–Kier alpha value is -2.60. The molecular weight excluding hydrogens is 405 g/mol. The van der Waals surface area contributed by atoms with E-state index in [1.54, 1.807) is 12.1 Å². The van der Waals surface area contributed by atoms with Crippen molar-refractivity contribution >= 4 is 11.7 Å². The van der Waals surface area contributed by atoms with Crippen molar-refractivity contribution < 1.29 is 13.9 Å². The van der Waals surface area contributed by atoms with Gasteiger partial charge in [-0.15, -0.1) is 0 Å². The first kappa shape index (κ1) is 22.6. The molecule has 0 bridgehead atoms. The van der Waals surface area contributed by atoms with Gasteiger partial charge in [0.1, 0.15) is 11.6 Å². The van der Waals surface area contributed by atoms with Crippen molar-refractivity contribution in [3.8, 4) is 5.75 Å². The maximum atomic E-state index is 13.1. The van der Waals surface area contributed by atoms with E-state index in [4.69, 9.17) is 4.74 Å². The number of rotatable bonds is 8. The fourth-order valence-corrected chi connectivity index (χ4v) is 4.62. The maximum absolute atomic E-state index is 13.1. The van der Waals surface area contributed by atoms with E-state index in [0.29, 0.717) is 12.5 Å². The summed E-state index contributed by atoms with van der Waals surface area (Å²) in [5, 5.41) is 0. The zero-order chi connectivity index (χ0) is 22.2. The lowest BCUT2D eigenvalue weighted by molar-refractivity contribution is 0.147. The lowest BCUT2D eigenvalue weighted by atomic mass is 9.94. The Kier molecular flexibility index (Phi) is 7.99. The fourth-order valence-electron chi connectivity index (χ4n) is 4.62. The summed E-state index contributed by atoms with van der Waals surface area (Å²) in [5.74, 6) is 1.16. The average Bonchev–Trinajstić information content (AvgIpc) is 3.01. The van der Waals surface area contributed by atoms with Crippen LogP contribution in [-0.4, -0.2) is 61.7 Å². The van der Waals surface area contributed by atoms with Crippen molar-refractivity contribution in [1.82, 2.24) is 9.80 Å². The van der Waals surface area contributed by atoms with E-state index in [1.807, 2.05) is 40.1 Å². The molecule has 2 fully saturated rings. The smallest absolute Gasteiger partial charge is 0.324 e. The van der Waals surface area contributed by atoms with Crippen LogP contribution < -0.4 is 9.64 Å². The van der Waals surface area contributed by atoms with Gasteiger partial charge < -0.3 is 14.5 Å². The average molecular weight is 440 g/mol. The Balaban J connectivity index is 1.18. The lowest BCUT2D eigenvalue weighted by Crippen LogP contribution is -2.46. The number of nitrogens with zero attached hydrogens (tertiary/aromatic N) is 3. The highest BCUT2D eigenvalue weighted by Gasteiger charge is 2.26. The minimum atomic E-state index is -0.237. The summed E-state index contributed by atoms with van der Waals surface area (Å²) < 4.78 is 18.7. The highest BCUT2D eigenvalue weighted by Crippen LogP contribution is 2.22. The number of anilines is 1. The number of likely N-dealkylation sites (tertiary alicyclic amines) is 1. The number of carbonyl (C=O) groups excluding carboxylic acids is 1. The molecule has 32 heavy (non-hydrogen) atoms. The summed E-state index contributed by atoms with van der Waals surface area (Å²) in [6.45, 7) is 6.20. The van der Waals surface area contributed by atoms with Gasteiger partial charge in [0.15, 0.2) is 0 Å². The van der Waals surface area contributed by atoms with Gasteiger partial charge in [-0.25, -0.2) is 9.18 Å². The van der Waals surface area contributed by atoms with E-state index in [-0.39, 0.29) is 11.8 Å². The predicted molar refractivity (Wildman–Crippen MR) is 126 cm³/mol. The molecule has 2 aliphatic heterocycles. The molecule has 2 amide bonds. The molecule has 0 N–H and O–H groups in total. The van der Waals surface area contributed by atoms with Gasteiger partial charge in [-0.2, -0.15) is 0 Å². The summed E-state index contributed by atoms with van der Waals surface area (Å²) in [6.07, 6.45) is 5.46. The second-order valence-corrected chi connectivity index (χ2v) is 8.84.